The van der Waals surface area contributed by atoms with E-state index in [9.17, 15) is 0 Å². The van der Waals surface area contributed by atoms with Gasteiger partial charge in [0.25, 0.3) is 0 Å². The van der Waals surface area contributed by atoms with E-state index in [0.29, 0.717) is 0 Å². The van der Waals surface area contributed by atoms with Crippen molar-refractivity contribution in [3.8, 4) is 11.1 Å². The third-order valence-electron chi connectivity index (χ3n) is 4.54. The van der Waals surface area contributed by atoms with Crippen molar-refractivity contribution >= 4 is 21.8 Å². The Morgan fingerprint density at radius 3 is 2.21 bits per heavy atom. The van der Waals surface area contributed by atoms with Crippen LogP contribution in [0.3, 0.4) is 0 Å². The summed E-state index contributed by atoms with van der Waals surface area (Å²) in [6.45, 7) is 6.71. The maximum atomic E-state index is 4.59. The van der Waals surface area contributed by atoms with Crippen molar-refractivity contribution in [1.82, 2.24) is 9.97 Å². The first-order valence-corrected chi connectivity index (χ1v) is 8.27. The highest BCUT2D eigenvalue weighted by Crippen LogP contribution is 2.32. The molecule has 2 aromatic carbocycles. The van der Waals surface area contributed by atoms with E-state index < -0.39 is 0 Å². The molecule has 24 heavy (non-hydrogen) atoms. The van der Waals surface area contributed by atoms with Gasteiger partial charge in [-0.15, -0.1) is 0 Å². The number of rotatable bonds is 1. The molecule has 0 aliphatic carbocycles. The lowest BCUT2D eigenvalue weighted by Crippen LogP contribution is -2.10. The van der Waals surface area contributed by atoms with E-state index in [1.54, 1.807) is 0 Å². The summed E-state index contributed by atoms with van der Waals surface area (Å²) in [4.78, 5) is 9.12. The first kappa shape index (κ1) is 14.8. The average Bonchev–Trinajstić information content (AvgIpc) is 2.60. The van der Waals surface area contributed by atoms with Gasteiger partial charge in [0.1, 0.15) is 0 Å². The van der Waals surface area contributed by atoms with Crippen LogP contribution in [0.2, 0.25) is 0 Å². The zero-order chi connectivity index (χ0) is 16.7. The standard InChI is InChI=1S/C22H20N2/c1-22(2,3)17-9-6-15(7-10-17)18-12-14-24-21-19(18)11-8-16-5-4-13-23-20(16)21/h4-14H,1-3H3. The minimum atomic E-state index is 0.166. The molecular formula is C22H20N2. The smallest absolute Gasteiger partial charge is 0.0970 e. The molecule has 0 atom stereocenters. The predicted octanol–water partition coefficient (Wildman–Crippen LogP) is 5.75. The Hall–Kier alpha value is -2.74. The molecule has 0 aliphatic heterocycles. The SMILES string of the molecule is CC(C)(C)c1ccc(-c2ccnc3c2ccc2cccnc23)cc1. The van der Waals surface area contributed by atoms with Gasteiger partial charge in [-0.2, -0.15) is 0 Å². The molecule has 4 rings (SSSR count). The molecule has 0 spiro atoms. The highest BCUT2D eigenvalue weighted by Gasteiger charge is 2.14. The van der Waals surface area contributed by atoms with Crippen LogP contribution < -0.4 is 0 Å². The normalized spacial score (nSPS) is 12.0. The monoisotopic (exact) mass is 312 g/mol. The fraction of sp³-hybridized carbons (Fsp3) is 0.182. The average molecular weight is 312 g/mol. The van der Waals surface area contributed by atoms with Crippen LogP contribution in [0.5, 0.6) is 0 Å². The predicted molar refractivity (Wildman–Crippen MR) is 101 cm³/mol. The molecule has 0 unspecified atom stereocenters. The van der Waals surface area contributed by atoms with Crippen molar-refractivity contribution in [2.24, 2.45) is 0 Å². The van der Waals surface area contributed by atoms with Crippen molar-refractivity contribution in [3.05, 3.63) is 72.6 Å². The van der Waals surface area contributed by atoms with Gasteiger partial charge in [0.15, 0.2) is 0 Å². The van der Waals surface area contributed by atoms with Gasteiger partial charge in [0.05, 0.1) is 11.0 Å². The second kappa shape index (κ2) is 5.41. The minimum Gasteiger partial charge on any atom is -0.254 e. The minimum absolute atomic E-state index is 0.166. The third-order valence-corrected chi connectivity index (χ3v) is 4.54. The molecule has 2 heteroatoms. The highest BCUT2D eigenvalue weighted by atomic mass is 14.7. The van der Waals surface area contributed by atoms with Crippen LogP contribution in [0.4, 0.5) is 0 Å². The Morgan fingerprint density at radius 2 is 1.46 bits per heavy atom. The van der Waals surface area contributed by atoms with Gasteiger partial charge in [-0.05, 0) is 34.2 Å². The quantitative estimate of drug-likeness (QED) is 0.418. The van der Waals surface area contributed by atoms with Crippen molar-refractivity contribution < 1.29 is 0 Å². The lowest BCUT2D eigenvalue weighted by atomic mass is 9.86. The Kier molecular flexibility index (Phi) is 3.34. The Balaban J connectivity index is 1.92. The number of nitrogens with zero attached hydrogens (tertiary/aromatic N) is 2. The molecule has 0 bridgehead atoms. The van der Waals surface area contributed by atoms with Crippen LogP contribution in [0.1, 0.15) is 26.3 Å². The molecule has 0 N–H and O–H groups in total. The number of hydrogen-bond acceptors (Lipinski definition) is 2. The van der Waals surface area contributed by atoms with Gasteiger partial charge in [-0.1, -0.05) is 63.2 Å². The largest absolute Gasteiger partial charge is 0.254 e. The second-order valence-electron chi connectivity index (χ2n) is 7.22. The van der Waals surface area contributed by atoms with Crippen LogP contribution in [0, 0.1) is 0 Å². The van der Waals surface area contributed by atoms with Crippen molar-refractivity contribution in [1.29, 1.82) is 0 Å². The Morgan fingerprint density at radius 1 is 0.708 bits per heavy atom. The summed E-state index contributed by atoms with van der Waals surface area (Å²) in [6, 6.07) is 19.3. The lowest BCUT2D eigenvalue weighted by molar-refractivity contribution is 0.590. The maximum absolute atomic E-state index is 4.59. The number of fused-ring (bicyclic) bond motifs is 3. The summed E-state index contributed by atoms with van der Waals surface area (Å²) >= 11 is 0. The molecule has 0 radical (unpaired) electrons. The van der Waals surface area contributed by atoms with Gasteiger partial charge in [-0.25, -0.2) is 0 Å². The Bertz CT molecular complexity index is 1030. The van der Waals surface area contributed by atoms with Crippen LogP contribution in [-0.4, -0.2) is 9.97 Å². The van der Waals surface area contributed by atoms with Crippen LogP contribution >= 0.6 is 0 Å². The summed E-state index contributed by atoms with van der Waals surface area (Å²) in [6.07, 6.45) is 3.71. The lowest BCUT2D eigenvalue weighted by Gasteiger charge is -2.19. The maximum Gasteiger partial charge on any atom is 0.0970 e. The van der Waals surface area contributed by atoms with E-state index >= 15 is 0 Å². The fourth-order valence-electron chi connectivity index (χ4n) is 3.16. The van der Waals surface area contributed by atoms with Crippen LogP contribution in [0.15, 0.2) is 67.0 Å². The number of benzene rings is 2. The molecular weight excluding hydrogens is 292 g/mol. The zero-order valence-electron chi connectivity index (χ0n) is 14.2. The number of pyridine rings is 2. The summed E-state index contributed by atoms with van der Waals surface area (Å²) < 4.78 is 0. The molecule has 118 valence electrons. The van der Waals surface area contributed by atoms with Gasteiger partial charge < -0.3 is 0 Å². The molecule has 2 aromatic heterocycles. The van der Waals surface area contributed by atoms with Gasteiger partial charge in [0, 0.05) is 23.2 Å². The van der Waals surface area contributed by atoms with Crippen LogP contribution in [-0.2, 0) is 5.41 Å². The molecule has 0 fully saturated rings. The summed E-state index contributed by atoms with van der Waals surface area (Å²) in [7, 11) is 0. The van der Waals surface area contributed by atoms with Gasteiger partial charge in [0.2, 0.25) is 0 Å². The first-order valence-electron chi connectivity index (χ1n) is 8.27. The van der Waals surface area contributed by atoms with E-state index in [1.807, 2.05) is 18.5 Å². The Labute approximate surface area is 142 Å². The molecule has 0 saturated heterocycles. The number of aromatic nitrogens is 2. The molecule has 0 aliphatic rings. The van der Waals surface area contributed by atoms with E-state index in [-0.39, 0.29) is 5.41 Å². The zero-order valence-corrected chi connectivity index (χ0v) is 14.2. The van der Waals surface area contributed by atoms with Gasteiger partial charge in [-0.3, -0.25) is 9.97 Å². The number of hydrogen-bond donors (Lipinski definition) is 0. The second-order valence-corrected chi connectivity index (χ2v) is 7.22. The summed E-state index contributed by atoms with van der Waals surface area (Å²) in [5.41, 5.74) is 5.85. The summed E-state index contributed by atoms with van der Waals surface area (Å²) in [5.74, 6) is 0. The molecule has 0 saturated carbocycles. The van der Waals surface area contributed by atoms with Crippen molar-refractivity contribution in [3.63, 3.8) is 0 Å². The van der Waals surface area contributed by atoms with Crippen LogP contribution in [0.25, 0.3) is 32.9 Å². The molecule has 2 nitrogen and oxygen atoms in total. The van der Waals surface area contributed by atoms with Gasteiger partial charge >= 0.3 is 0 Å². The van der Waals surface area contributed by atoms with E-state index in [0.717, 1.165) is 21.8 Å². The molecule has 2 heterocycles. The fourth-order valence-corrected chi connectivity index (χ4v) is 3.16. The topological polar surface area (TPSA) is 25.8 Å². The molecule has 4 aromatic rings. The van der Waals surface area contributed by atoms with Crippen molar-refractivity contribution in [2.45, 2.75) is 26.2 Å². The third kappa shape index (κ3) is 2.44. The summed E-state index contributed by atoms with van der Waals surface area (Å²) in [5, 5.41) is 2.27. The van der Waals surface area contributed by atoms with Crippen molar-refractivity contribution in [2.75, 3.05) is 0 Å². The van der Waals surface area contributed by atoms with E-state index in [2.05, 4.69) is 79.3 Å². The van der Waals surface area contributed by atoms with E-state index in [1.165, 1.54) is 16.7 Å². The molecule has 0 amide bonds. The van der Waals surface area contributed by atoms with E-state index in [4.69, 9.17) is 0 Å². The first-order chi connectivity index (χ1) is 11.5. The highest BCUT2D eigenvalue weighted by molar-refractivity contribution is 6.07.